The van der Waals surface area contributed by atoms with Crippen LogP contribution < -0.4 is 0 Å². The fourth-order valence-corrected chi connectivity index (χ4v) is 1.02. The monoisotopic (exact) mass is 126 g/mol. The molecule has 0 aromatic rings. The number of rotatable bonds is 1. The van der Waals surface area contributed by atoms with E-state index in [1.165, 1.54) is 0 Å². The molecule has 0 aromatic heterocycles. The quantitative estimate of drug-likeness (QED) is 0.539. The van der Waals surface area contributed by atoms with Gasteiger partial charge in [-0.05, 0) is 19.3 Å². The zero-order valence-electron chi connectivity index (χ0n) is 5.21. The first kappa shape index (κ1) is 6.33. The highest BCUT2D eigenvalue weighted by atomic mass is 16.4. The SMILES string of the molecule is O=C(O)[C@@H]1C=CCCC1. The van der Waals surface area contributed by atoms with Gasteiger partial charge >= 0.3 is 5.97 Å². The average molecular weight is 126 g/mol. The van der Waals surface area contributed by atoms with Crippen molar-refractivity contribution in [2.24, 2.45) is 5.92 Å². The lowest BCUT2D eigenvalue weighted by Gasteiger charge is -2.09. The van der Waals surface area contributed by atoms with Gasteiger partial charge in [-0.15, -0.1) is 0 Å². The van der Waals surface area contributed by atoms with Crippen LogP contribution in [0.5, 0.6) is 0 Å². The molecule has 0 spiro atoms. The zero-order chi connectivity index (χ0) is 6.69. The molecule has 1 aliphatic carbocycles. The lowest BCUT2D eigenvalue weighted by molar-refractivity contribution is -0.140. The smallest absolute Gasteiger partial charge is 0.310 e. The molecule has 0 aliphatic heterocycles. The number of carboxylic acid groups (broad SMARTS) is 1. The molecule has 0 heterocycles. The molecule has 0 saturated heterocycles. The molecule has 1 N–H and O–H groups in total. The van der Waals surface area contributed by atoms with Crippen LogP contribution in [0.1, 0.15) is 19.3 Å². The van der Waals surface area contributed by atoms with E-state index in [0.717, 1.165) is 19.3 Å². The Labute approximate surface area is 54.2 Å². The van der Waals surface area contributed by atoms with Crippen LogP contribution in [0.4, 0.5) is 0 Å². The van der Waals surface area contributed by atoms with Crippen LogP contribution in [-0.4, -0.2) is 11.1 Å². The van der Waals surface area contributed by atoms with Crippen molar-refractivity contribution in [3.63, 3.8) is 0 Å². The van der Waals surface area contributed by atoms with E-state index < -0.39 is 5.97 Å². The Morgan fingerprint density at radius 3 is 2.78 bits per heavy atom. The van der Waals surface area contributed by atoms with E-state index in [2.05, 4.69) is 0 Å². The Kier molecular flexibility index (Phi) is 1.88. The van der Waals surface area contributed by atoms with E-state index >= 15 is 0 Å². The number of hydrogen-bond acceptors (Lipinski definition) is 1. The van der Waals surface area contributed by atoms with Crippen LogP contribution in [0.3, 0.4) is 0 Å². The third-order valence-electron chi connectivity index (χ3n) is 1.57. The van der Waals surface area contributed by atoms with E-state index in [0.29, 0.717) is 0 Å². The largest absolute Gasteiger partial charge is 0.481 e. The molecular weight excluding hydrogens is 116 g/mol. The third-order valence-corrected chi connectivity index (χ3v) is 1.57. The summed E-state index contributed by atoms with van der Waals surface area (Å²) in [5, 5.41) is 8.49. The first-order chi connectivity index (χ1) is 4.30. The van der Waals surface area contributed by atoms with Gasteiger partial charge in [-0.1, -0.05) is 12.2 Å². The van der Waals surface area contributed by atoms with Crippen molar-refractivity contribution in [1.29, 1.82) is 0 Å². The Balaban J connectivity index is 2.50. The molecular formula is C7H10O2. The highest BCUT2D eigenvalue weighted by Gasteiger charge is 2.14. The Morgan fingerprint density at radius 2 is 2.44 bits per heavy atom. The van der Waals surface area contributed by atoms with Gasteiger partial charge < -0.3 is 5.11 Å². The van der Waals surface area contributed by atoms with E-state index in [4.69, 9.17) is 5.11 Å². The highest BCUT2D eigenvalue weighted by Crippen LogP contribution is 2.16. The minimum absolute atomic E-state index is 0.209. The number of allylic oxidation sites excluding steroid dienone is 1. The second kappa shape index (κ2) is 2.67. The van der Waals surface area contributed by atoms with Crippen molar-refractivity contribution in [3.05, 3.63) is 12.2 Å². The van der Waals surface area contributed by atoms with E-state index in [-0.39, 0.29) is 5.92 Å². The number of carbonyl (C=O) groups is 1. The molecule has 9 heavy (non-hydrogen) atoms. The summed E-state index contributed by atoms with van der Waals surface area (Å²) >= 11 is 0. The number of aliphatic carboxylic acids is 1. The highest BCUT2D eigenvalue weighted by molar-refractivity contribution is 5.72. The van der Waals surface area contributed by atoms with Gasteiger partial charge in [0, 0.05) is 0 Å². The van der Waals surface area contributed by atoms with Crippen LogP contribution in [0.25, 0.3) is 0 Å². The van der Waals surface area contributed by atoms with E-state index in [1.54, 1.807) is 6.08 Å². The van der Waals surface area contributed by atoms with Crippen molar-refractivity contribution >= 4 is 5.97 Å². The zero-order valence-corrected chi connectivity index (χ0v) is 5.21. The van der Waals surface area contributed by atoms with Gasteiger partial charge in [0.05, 0.1) is 5.92 Å². The minimum Gasteiger partial charge on any atom is -0.481 e. The first-order valence-electron chi connectivity index (χ1n) is 3.20. The molecule has 2 heteroatoms. The van der Waals surface area contributed by atoms with Crippen molar-refractivity contribution in [1.82, 2.24) is 0 Å². The molecule has 0 radical (unpaired) electrons. The normalized spacial score (nSPS) is 26.0. The lowest BCUT2D eigenvalue weighted by atomic mass is 9.96. The molecule has 0 amide bonds. The number of hydrogen-bond donors (Lipinski definition) is 1. The summed E-state index contributed by atoms with van der Waals surface area (Å²) in [6, 6.07) is 0. The predicted molar refractivity (Wildman–Crippen MR) is 34.1 cm³/mol. The maximum atomic E-state index is 10.3. The van der Waals surface area contributed by atoms with E-state index in [9.17, 15) is 4.79 Å². The molecule has 0 fully saturated rings. The van der Waals surface area contributed by atoms with Crippen molar-refractivity contribution in [3.8, 4) is 0 Å². The summed E-state index contributed by atoms with van der Waals surface area (Å²) in [5.74, 6) is -0.898. The van der Waals surface area contributed by atoms with Gasteiger partial charge in [0.1, 0.15) is 0 Å². The summed E-state index contributed by atoms with van der Waals surface area (Å²) in [5.41, 5.74) is 0. The maximum Gasteiger partial charge on any atom is 0.310 e. The van der Waals surface area contributed by atoms with Crippen LogP contribution in [0.15, 0.2) is 12.2 Å². The predicted octanol–water partition coefficient (Wildman–Crippen LogP) is 1.43. The van der Waals surface area contributed by atoms with Crippen molar-refractivity contribution in [2.45, 2.75) is 19.3 Å². The lowest BCUT2D eigenvalue weighted by Crippen LogP contribution is -2.12. The molecule has 1 aliphatic rings. The molecule has 0 aromatic carbocycles. The molecule has 0 unspecified atom stereocenters. The van der Waals surface area contributed by atoms with Gasteiger partial charge in [-0.2, -0.15) is 0 Å². The fraction of sp³-hybridized carbons (Fsp3) is 0.571. The van der Waals surface area contributed by atoms with Gasteiger partial charge in [-0.3, -0.25) is 4.79 Å². The molecule has 2 nitrogen and oxygen atoms in total. The topological polar surface area (TPSA) is 37.3 Å². The second-order valence-corrected chi connectivity index (χ2v) is 2.30. The minimum atomic E-state index is -0.689. The summed E-state index contributed by atoms with van der Waals surface area (Å²) in [6.45, 7) is 0. The summed E-state index contributed by atoms with van der Waals surface area (Å²) in [7, 11) is 0. The molecule has 1 rings (SSSR count). The summed E-state index contributed by atoms with van der Waals surface area (Å²) in [6.07, 6.45) is 6.61. The molecule has 0 bridgehead atoms. The fourth-order valence-electron chi connectivity index (χ4n) is 1.02. The van der Waals surface area contributed by atoms with Gasteiger partial charge in [0.2, 0.25) is 0 Å². The van der Waals surface area contributed by atoms with Crippen molar-refractivity contribution in [2.75, 3.05) is 0 Å². The standard InChI is InChI=1S/C7H10O2/c8-7(9)6-4-2-1-3-5-6/h2,4,6H,1,3,5H2,(H,8,9)/t6-/m1/s1. The third kappa shape index (κ3) is 1.56. The summed E-state index contributed by atoms with van der Waals surface area (Å²) in [4.78, 5) is 10.3. The second-order valence-electron chi connectivity index (χ2n) is 2.30. The maximum absolute atomic E-state index is 10.3. The van der Waals surface area contributed by atoms with Gasteiger partial charge in [0.25, 0.3) is 0 Å². The van der Waals surface area contributed by atoms with Gasteiger partial charge in [-0.25, -0.2) is 0 Å². The average Bonchev–Trinajstić information content (AvgIpc) is 1.90. The first-order valence-corrected chi connectivity index (χ1v) is 3.20. The summed E-state index contributed by atoms with van der Waals surface area (Å²) < 4.78 is 0. The van der Waals surface area contributed by atoms with Crippen LogP contribution in [-0.2, 0) is 4.79 Å². The molecule has 1 atom stereocenters. The Bertz CT molecular complexity index is 138. The number of carboxylic acids is 1. The Hall–Kier alpha value is -0.790. The van der Waals surface area contributed by atoms with Crippen molar-refractivity contribution < 1.29 is 9.90 Å². The molecule has 0 saturated carbocycles. The van der Waals surface area contributed by atoms with E-state index in [1.807, 2.05) is 6.08 Å². The van der Waals surface area contributed by atoms with Gasteiger partial charge in [0.15, 0.2) is 0 Å². The van der Waals surface area contributed by atoms with Crippen LogP contribution in [0.2, 0.25) is 0 Å². The Morgan fingerprint density at radius 1 is 1.67 bits per heavy atom. The molecule has 50 valence electrons. The van der Waals surface area contributed by atoms with Crippen LogP contribution >= 0.6 is 0 Å². The van der Waals surface area contributed by atoms with Crippen LogP contribution in [0, 0.1) is 5.92 Å².